The fraction of sp³-hybridized carbons (Fsp3) is 0.412. The van der Waals surface area contributed by atoms with Gasteiger partial charge in [-0.05, 0) is 19.1 Å². The lowest BCUT2D eigenvalue weighted by Crippen LogP contribution is -2.54. The summed E-state index contributed by atoms with van der Waals surface area (Å²) in [7, 11) is 0. The van der Waals surface area contributed by atoms with Crippen LogP contribution in [0.4, 0.5) is 5.13 Å². The van der Waals surface area contributed by atoms with Gasteiger partial charge in [-0.3, -0.25) is 4.79 Å². The first-order chi connectivity index (χ1) is 11.7. The minimum Gasteiger partial charge on any atom is -0.485 e. The number of nitrogens with zero attached hydrogens (tertiary/aromatic N) is 3. The van der Waals surface area contributed by atoms with Crippen molar-refractivity contribution < 1.29 is 14.3 Å². The highest BCUT2D eigenvalue weighted by molar-refractivity contribution is 7.13. The number of hydrogen-bond donors (Lipinski definition) is 0. The highest BCUT2D eigenvalue weighted by Gasteiger charge is 2.32. The number of thiazole rings is 1. The van der Waals surface area contributed by atoms with Crippen molar-refractivity contribution in [3.63, 3.8) is 0 Å². The van der Waals surface area contributed by atoms with Crippen molar-refractivity contribution in [2.75, 3.05) is 37.7 Å². The minimum absolute atomic E-state index is 0.000489. The molecule has 0 bridgehead atoms. The largest absolute Gasteiger partial charge is 0.485 e. The number of ether oxygens (including phenoxy) is 2. The van der Waals surface area contributed by atoms with Crippen LogP contribution in [0.3, 0.4) is 0 Å². The number of benzene rings is 1. The normalized spacial score (nSPS) is 20.1. The molecule has 0 N–H and O–H groups in total. The van der Waals surface area contributed by atoms with Crippen LogP contribution in [0.5, 0.6) is 11.5 Å². The Kier molecular flexibility index (Phi) is 4.02. The smallest absolute Gasteiger partial charge is 0.267 e. The molecular weight excluding hydrogens is 326 g/mol. The van der Waals surface area contributed by atoms with E-state index in [1.807, 2.05) is 36.1 Å². The van der Waals surface area contributed by atoms with Gasteiger partial charge in [-0.25, -0.2) is 4.98 Å². The highest BCUT2D eigenvalue weighted by Crippen LogP contribution is 2.31. The third-order valence-electron chi connectivity index (χ3n) is 4.25. The van der Waals surface area contributed by atoms with Gasteiger partial charge < -0.3 is 19.3 Å². The molecule has 1 saturated heterocycles. The number of rotatable bonds is 2. The van der Waals surface area contributed by atoms with Crippen LogP contribution in [0.1, 0.15) is 5.69 Å². The Balaban J connectivity index is 1.37. The second-order valence-corrected chi connectivity index (χ2v) is 6.78. The summed E-state index contributed by atoms with van der Waals surface area (Å²) in [6, 6.07) is 7.45. The van der Waals surface area contributed by atoms with E-state index in [1.54, 1.807) is 11.3 Å². The molecule has 0 radical (unpaired) electrons. The average Bonchev–Trinajstić information content (AvgIpc) is 3.07. The van der Waals surface area contributed by atoms with Crippen LogP contribution in [-0.4, -0.2) is 54.7 Å². The number of anilines is 1. The van der Waals surface area contributed by atoms with E-state index in [0.717, 1.165) is 23.9 Å². The second-order valence-electron chi connectivity index (χ2n) is 5.95. The molecule has 0 spiro atoms. The van der Waals surface area contributed by atoms with Gasteiger partial charge in [0.2, 0.25) is 6.10 Å². The van der Waals surface area contributed by atoms with Gasteiger partial charge in [0, 0.05) is 31.6 Å². The highest BCUT2D eigenvalue weighted by atomic mass is 32.1. The van der Waals surface area contributed by atoms with E-state index in [2.05, 4.69) is 15.3 Å². The molecule has 126 valence electrons. The van der Waals surface area contributed by atoms with Crippen LogP contribution in [0.15, 0.2) is 29.6 Å². The lowest BCUT2D eigenvalue weighted by atomic mass is 10.2. The molecule has 2 aliphatic rings. The predicted molar refractivity (Wildman–Crippen MR) is 92.0 cm³/mol. The Morgan fingerprint density at radius 1 is 1.21 bits per heavy atom. The van der Waals surface area contributed by atoms with Crippen molar-refractivity contribution >= 4 is 22.4 Å². The molecule has 1 aromatic carbocycles. The van der Waals surface area contributed by atoms with E-state index >= 15 is 0 Å². The Bertz CT molecular complexity index is 740. The number of carbonyl (C=O) groups excluding carboxylic acids is 1. The van der Waals surface area contributed by atoms with Gasteiger partial charge in [-0.15, -0.1) is 11.3 Å². The Morgan fingerprint density at radius 3 is 2.67 bits per heavy atom. The van der Waals surface area contributed by atoms with Crippen molar-refractivity contribution in [1.29, 1.82) is 0 Å². The van der Waals surface area contributed by atoms with Crippen molar-refractivity contribution in [2.45, 2.75) is 13.0 Å². The van der Waals surface area contributed by atoms with Gasteiger partial charge in [0.1, 0.15) is 6.61 Å². The molecule has 0 aliphatic carbocycles. The molecule has 1 fully saturated rings. The molecule has 7 heteroatoms. The molecule has 6 nitrogen and oxygen atoms in total. The number of fused-ring (bicyclic) bond motifs is 1. The van der Waals surface area contributed by atoms with Crippen molar-refractivity contribution in [2.24, 2.45) is 0 Å². The van der Waals surface area contributed by atoms with E-state index in [0.29, 0.717) is 24.6 Å². The molecule has 1 atom stereocenters. The van der Waals surface area contributed by atoms with Crippen LogP contribution in [0.2, 0.25) is 0 Å². The van der Waals surface area contributed by atoms with Crippen molar-refractivity contribution in [3.05, 3.63) is 35.3 Å². The summed E-state index contributed by atoms with van der Waals surface area (Å²) >= 11 is 1.65. The summed E-state index contributed by atoms with van der Waals surface area (Å²) < 4.78 is 11.5. The molecular formula is C17H19N3O3S. The SMILES string of the molecule is Cc1csc(N2CCN(C(=O)[C@H]3COc4ccccc4O3)CC2)n1. The average molecular weight is 345 g/mol. The first kappa shape index (κ1) is 15.3. The maximum atomic E-state index is 12.7. The summed E-state index contributed by atoms with van der Waals surface area (Å²) in [5.41, 5.74) is 1.04. The van der Waals surface area contributed by atoms with Gasteiger partial charge >= 0.3 is 0 Å². The number of piperazine rings is 1. The number of amides is 1. The standard InChI is InChI=1S/C17H19N3O3S/c1-12-11-24-17(18-12)20-8-6-19(7-9-20)16(21)15-10-22-13-4-2-3-5-14(13)23-15/h2-5,11,15H,6-10H2,1H3/t15-/m1/s1. The van der Waals surface area contributed by atoms with Crippen molar-refractivity contribution in [3.8, 4) is 11.5 Å². The van der Waals surface area contributed by atoms with E-state index in [9.17, 15) is 4.79 Å². The zero-order chi connectivity index (χ0) is 16.5. The third kappa shape index (κ3) is 2.91. The van der Waals surface area contributed by atoms with Gasteiger partial charge in [-0.2, -0.15) is 0 Å². The Labute approximate surface area is 144 Å². The number of aryl methyl sites for hydroxylation is 1. The lowest BCUT2D eigenvalue weighted by molar-refractivity contribution is -0.141. The summed E-state index contributed by atoms with van der Waals surface area (Å²) in [6.07, 6.45) is -0.562. The third-order valence-corrected chi connectivity index (χ3v) is 5.27. The molecule has 4 rings (SSSR count). The predicted octanol–water partition coefficient (Wildman–Crippen LogP) is 1.94. The maximum Gasteiger partial charge on any atom is 0.267 e. The lowest BCUT2D eigenvalue weighted by Gasteiger charge is -2.37. The molecule has 24 heavy (non-hydrogen) atoms. The first-order valence-electron chi connectivity index (χ1n) is 8.05. The molecule has 1 amide bonds. The van der Waals surface area contributed by atoms with Crippen LogP contribution in [-0.2, 0) is 4.79 Å². The zero-order valence-electron chi connectivity index (χ0n) is 13.5. The minimum atomic E-state index is -0.562. The molecule has 3 heterocycles. The van der Waals surface area contributed by atoms with Crippen LogP contribution in [0, 0.1) is 6.92 Å². The van der Waals surface area contributed by atoms with Gasteiger partial charge in [0.05, 0.1) is 5.69 Å². The zero-order valence-corrected chi connectivity index (χ0v) is 14.3. The number of para-hydroxylation sites is 2. The summed E-state index contributed by atoms with van der Waals surface area (Å²) in [4.78, 5) is 21.3. The number of aromatic nitrogens is 1. The monoisotopic (exact) mass is 345 g/mol. The molecule has 0 unspecified atom stereocenters. The fourth-order valence-corrected chi connectivity index (χ4v) is 3.81. The Hall–Kier alpha value is -2.28. The van der Waals surface area contributed by atoms with Crippen LogP contribution < -0.4 is 14.4 Å². The van der Waals surface area contributed by atoms with Crippen molar-refractivity contribution in [1.82, 2.24) is 9.88 Å². The van der Waals surface area contributed by atoms with E-state index in [-0.39, 0.29) is 12.5 Å². The first-order valence-corrected chi connectivity index (χ1v) is 8.93. The summed E-state index contributed by atoms with van der Waals surface area (Å²) in [6.45, 7) is 5.21. The fourth-order valence-electron chi connectivity index (χ4n) is 2.95. The van der Waals surface area contributed by atoms with Gasteiger partial charge in [-0.1, -0.05) is 12.1 Å². The van der Waals surface area contributed by atoms with Crippen LogP contribution in [0.25, 0.3) is 0 Å². The number of carbonyl (C=O) groups is 1. The molecule has 0 saturated carbocycles. The van der Waals surface area contributed by atoms with E-state index in [1.165, 1.54) is 0 Å². The maximum absolute atomic E-state index is 12.7. The molecule has 2 aromatic rings. The molecule has 2 aliphatic heterocycles. The van der Waals surface area contributed by atoms with E-state index < -0.39 is 6.10 Å². The topological polar surface area (TPSA) is 54.9 Å². The van der Waals surface area contributed by atoms with Gasteiger partial charge in [0.15, 0.2) is 16.6 Å². The van der Waals surface area contributed by atoms with Crippen LogP contribution >= 0.6 is 11.3 Å². The summed E-state index contributed by atoms with van der Waals surface area (Å²) in [5.74, 6) is 1.34. The summed E-state index contributed by atoms with van der Waals surface area (Å²) in [5, 5.41) is 3.09. The molecule has 1 aromatic heterocycles. The quantitative estimate of drug-likeness (QED) is 0.833. The van der Waals surface area contributed by atoms with E-state index in [4.69, 9.17) is 9.47 Å². The Morgan fingerprint density at radius 2 is 1.96 bits per heavy atom. The second kappa shape index (κ2) is 6.32. The number of hydrogen-bond acceptors (Lipinski definition) is 6. The van der Waals surface area contributed by atoms with Gasteiger partial charge in [0.25, 0.3) is 5.91 Å².